The van der Waals surface area contributed by atoms with E-state index in [2.05, 4.69) is 17.3 Å². The van der Waals surface area contributed by atoms with Gasteiger partial charge in [-0.15, -0.1) is 0 Å². The Balaban J connectivity index is 2.20. The molecule has 2 heterocycles. The summed E-state index contributed by atoms with van der Waals surface area (Å²) in [6, 6.07) is 6.51. The summed E-state index contributed by atoms with van der Waals surface area (Å²) in [4.78, 5) is 0. The number of aryl methyl sites for hydroxylation is 1. The number of hydrogen-bond donors (Lipinski definition) is 1. The normalized spacial score (nSPS) is 19.2. The van der Waals surface area contributed by atoms with E-state index in [0.29, 0.717) is 6.04 Å². The van der Waals surface area contributed by atoms with Crippen molar-refractivity contribution in [2.24, 2.45) is 0 Å². The minimum atomic E-state index is 0.513. The fraction of sp³-hybridized carbons (Fsp3) is 0.417. The van der Waals surface area contributed by atoms with E-state index in [9.17, 15) is 0 Å². The Kier molecular flexibility index (Phi) is 2.02. The highest BCUT2D eigenvalue weighted by atomic mass is 16.5. The number of anilines is 1. The number of benzene rings is 1. The average molecular weight is 217 g/mol. The largest absolute Gasteiger partial charge is 0.497 e. The molecule has 4 nitrogen and oxygen atoms in total. The van der Waals surface area contributed by atoms with Gasteiger partial charge in [-0.05, 0) is 31.5 Å². The van der Waals surface area contributed by atoms with Crippen LogP contribution >= 0.6 is 0 Å². The van der Waals surface area contributed by atoms with Crippen LogP contribution in [0.1, 0.15) is 13.3 Å². The van der Waals surface area contributed by atoms with Gasteiger partial charge in [0.2, 0.25) is 0 Å². The molecular weight excluding hydrogens is 202 g/mol. The van der Waals surface area contributed by atoms with Gasteiger partial charge in [-0.25, -0.2) is 4.68 Å². The zero-order chi connectivity index (χ0) is 11.1. The number of rotatable bonds is 1. The molecule has 1 unspecified atom stereocenters. The standard InChI is InChI=1S/C12H15N3O/c1-8-5-6-15-12(13-8)10-7-9(16-2)3-4-11(10)14-15/h3-4,7-8,13H,5-6H2,1-2H3. The predicted molar refractivity (Wildman–Crippen MR) is 64.0 cm³/mol. The van der Waals surface area contributed by atoms with Crippen LogP contribution in [0.4, 0.5) is 5.82 Å². The van der Waals surface area contributed by atoms with Gasteiger partial charge in [0, 0.05) is 18.0 Å². The third kappa shape index (κ3) is 1.33. The quantitative estimate of drug-likeness (QED) is 0.796. The van der Waals surface area contributed by atoms with Crippen LogP contribution in [0.5, 0.6) is 5.75 Å². The van der Waals surface area contributed by atoms with Crippen LogP contribution in [0, 0.1) is 0 Å². The number of fused-ring (bicyclic) bond motifs is 3. The molecule has 0 amide bonds. The predicted octanol–water partition coefficient (Wildman–Crippen LogP) is 2.25. The number of nitrogens with one attached hydrogen (secondary N) is 1. The molecule has 0 saturated heterocycles. The van der Waals surface area contributed by atoms with Gasteiger partial charge in [0.1, 0.15) is 11.6 Å². The van der Waals surface area contributed by atoms with Crippen molar-refractivity contribution < 1.29 is 4.74 Å². The van der Waals surface area contributed by atoms with Crippen LogP contribution in [0.2, 0.25) is 0 Å². The third-order valence-electron chi connectivity index (χ3n) is 3.10. The van der Waals surface area contributed by atoms with Crippen molar-refractivity contribution >= 4 is 16.7 Å². The van der Waals surface area contributed by atoms with E-state index in [1.165, 1.54) is 0 Å². The highest BCUT2D eigenvalue weighted by Gasteiger charge is 2.18. The Morgan fingerprint density at radius 3 is 3.19 bits per heavy atom. The average Bonchev–Trinajstić information content (AvgIpc) is 2.66. The lowest BCUT2D eigenvalue weighted by atomic mass is 10.1. The Morgan fingerprint density at radius 2 is 2.38 bits per heavy atom. The lowest BCUT2D eigenvalue weighted by molar-refractivity contribution is 0.415. The zero-order valence-electron chi connectivity index (χ0n) is 9.53. The summed E-state index contributed by atoms with van der Waals surface area (Å²) in [5.74, 6) is 2.00. The number of nitrogens with zero attached hydrogens (tertiary/aromatic N) is 2. The highest BCUT2D eigenvalue weighted by Crippen LogP contribution is 2.30. The highest BCUT2D eigenvalue weighted by molar-refractivity contribution is 5.91. The van der Waals surface area contributed by atoms with Crippen LogP contribution in [-0.2, 0) is 6.54 Å². The van der Waals surface area contributed by atoms with Crippen LogP contribution in [-0.4, -0.2) is 22.9 Å². The van der Waals surface area contributed by atoms with Gasteiger partial charge in [0.05, 0.1) is 12.6 Å². The minimum absolute atomic E-state index is 0.513. The first-order chi connectivity index (χ1) is 7.78. The molecule has 0 radical (unpaired) electrons. The zero-order valence-corrected chi connectivity index (χ0v) is 9.53. The Hall–Kier alpha value is -1.71. The number of ether oxygens (including phenoxy) is 1. The lowest BCUT2D eigenvalue weighted by Gasteiger charge is -2.22. The fourth-order valence-electron chi connectivity index (χ4n) is 2.17. The van der Waals surface area contributed by atoms with Crippen molar-refractivity contribution in [1.82, 2.24) is 9.78 Å². The smallest absolute Gasteiger partial charge is 0.132 e. The van der Waals surface area contributed by atoms with Gasteiger partial charge in [0.15, 0.2) is 0 Å². The van der Waals surface area contributed by atoms with Crippen LogP contribution in [0.25, 0.3) is 10.9 Å². The topological polar surface area (TPSA) is 39.1 Å². The van der Waals surface area contributed by atoms with E-state index in [4.69, 9.17) is 4.74 Å². The molecule has 0 aliphatic carbocycles. The van der Waals surface area contributed by atoms with E-state index in [1.807, 2.05) is 22.9 Å². The van der Waals surface area contributed by atoms with Gasteiger partial charge in [0.25, 0.3) is 0 Å². The third-order valence-corrected chi connectivity index (χ3v) is 3.10. The number of hydrogen-bond acceptors (Lipinski definition) is 3. The van der Waals surface area contributed by atoms with Crippen molar-refractivity contribution in [2.45, 2.75) is 25.9 Å². The molecule has 3 rings (SSSR count). The number of methoxy groups -OCH3 is 1. The first-order valence-electron chi connectivity index (χ1n) is 5.59. The fourth-order valence-corrected chi connectivity index (χ4v) is 2.17. The van der Waals surface area contributed by atoms with E-state index >= 15 is 0 Å². The molecule has 1 atom stereocenters. The summed E-state index contributed by atoms with van der Waals surface area (Å²) >= 11 is 0. The van der Waals surface area contributed by atoms with Crippen LogP contribution in [0.15, 0.2) is 18.2 Å². The first kappa shape index (κ1) is 9.51. The molecule has 1 N–H and O–H groups in total. The van der Waals surface area contributed by atoms with Gasteiger partial charge >= 0.3 is 0 Å². The minimum Gasteiger partial charge on any atom is -0.497 e. The van der Waals surface area contributed by atoms with Crippen molar-refractivity contribution in [2.75, 3.05) is 12.4 Å². The molecule has 0 spiro atoms. The monoisotopic (exact) mass is 217 g/mol. The Morgan fingerprint density at radius 1 is 1.50 bits per heavy atom. The molecule has 1 aromatic heterocycles. The summed E-state index contributed by atoms with van der Waals surface area (Å²) in [5, 5.41) is 9.19. The second-order valence-corrected chi connectivity index (χ2v) is 4.29. The van der Waals surface area contributed by atoms with Crippen molar-refractivity contribution in [1.29, 1.82) is 0 Å². The second kappa shape index (κ2) is 3.40. The molecule has 4 heteroatoms. The first-order valence-corrected chi connectivity index (χ1v) is 5.59. The number of aromatic nitrogens is 2. The maximum atomic E-state index is 5.24. The van der Waals surface area contributed by atoms with Crippen molar-refractivity contribution in [3.63, 3.8) is 0 Å². The molecule has 0 bridgehead atoms. The van der Waals surface area contributed by atoms with E-state index in [1.54, 1.807) is 7.11 Å². The Labute approximate surface area is 94.2 Å². The molecule has 1 aliphatic heterocycles. The molecular formula is C12H15N3O. The maximum Gasteiger partial charge on any atom is 0.132 e. The summed E-state index contributed by atoms with van der Waals surface area (Å²) < 4.78 is 7.29. The van der Waals surface area contributed by atoms with Crippen LogP contribution < -0.4 is 10.1 Å². The molecule has 84 valence electrons. The van der Waals surface area contributed by atoms with Gasteiger partial charge < -0.3 is 10.1 Å². The SMILES string of the molecule is COc1ccc2nn3c(c2c1)NC(C)CC3. The van der Waals surface area contributed by atoms with E-state index in [0.717, 1.165) is 35.4 Å². The second-order valence-electron chi connectivity index (χ2n) is 4.29. The van der Waals surface area contributed by atoms with Gasteiger partial charge in [-0.2, -0.15) is 5.10 Å². The van der Waals surface area contributed by atoms with E-state index in [-0.39, 0.29) is 0 Å². The van der Waals surface area contributed by atoms with Gasteiger partial charge in [-0.1, -0.05) is 0 Å². The summed E-state index contributed by atoms with van der Waals surface area (Å²) in [5.41, 5.74) is 1.03. The van der Waals surface area contributed by atoms with E-state index < -0.39 is 0 Å². The molecule has 0 fully saturated rings. The molecule has 2 aromatic rings. The van der Waals surface area contributed by atoms with Gasteiger partial charge in [-0.3, -0.25) is 0 Å². The molecule has 0 saturated carbocycles. The maximum absolute atomic E-state index is 5.24. The van der Waals surface area contributed by atoms with Crippen LogP contribution in [0.3, 0.4) is 0 Å². The van der Waals surface area contributed by atoms with Crippen molar-refractivity contribution in [3.8, 4) is 5.75 Å². The molecule has 16 heavy (non-hydrogen) atoms. The Bertz CT molecular complexity index is 532. The summed E-state index contributed by atoms with van der Waals surface area (Å²) in [6.45, 7) is 3.18. The van der Waals surface area contributed by atoms with Crippen molar-refractivity contribution in [3.05, 3.63) is 18.2 Å². The molecule has 1 aromatic carbocycles. The molecule has 1 aliphatic rings. The summed E-state index contributed by atoms with van der Waals surface area (Å²) in [6.07, 6.45) is 1.12. The lowest BCUT2D eigenvalue weighted by Crippen LogP contribution is -2.25. The summed E-state index contributed by atoms with van der Waals surface area (Å²) in [7, 11) is 1.69.